The quantitative estimate of drug-likeness (QED) is 0.836. The molecule has 1 unspecified atom stereocenters. The largest absolute Gasteiger partial charge is 0.316 e. The van der Waals surface area contributed by atoms with E-state index in [4.69, 9.17) is 0 Å². The molecule has 0 amide bonds. The van der Waals surface area contributed by atoms with Crippen molar-refractivity contribution < 1.29 is 8.42 Å². The minimum absolute atomic E-state index is 0.372. The normalized spacial score (nSPS) is 20.6. The van der Waals surface area contributed by atoms with Gasteiger partial charge in [0.25, 0.3) is 0 Å². The van der Waals surface area contributed by atoms with Gasteiger partial charge >= 0.3 is 0 Å². The third kappa shape index (κ3) is 4.01. The fourth-order valence-corrected chi connectivity index (χ4v) is 6.21. The van der Waals surface area contributed by atoms with Crippen LogP contribution < -0.4 is 5.32 Å². The number of rotatable bonds is 5. The van der Waals surface area contributed by atoms with Gasteiger partial charge in [0, 0.05) is 35.1 Å². The van der Waals surface area contributed by atoms with Crippen LogP contribution in [-0.2, 0) is 16.6 Å². The highest BCUT2D eigenvalue weighted by molar-refractivity contribution is 9.10. The third-order valence-electron chi connectivity index (χ3n) is 3.55. The highest BCUT2D eigenvalue weighted by Gasteiger charge is 2.31. The van der Waals surface area contributed by atoms with Gasteiger partial charge in [0.05, 0.1) is 4.90 Å². The van der Waals surface area contributed by atoms with Gasteiger partial charge in [0.1, 0.15) is 0 Å². The zero-order valence-electron chi connectivity index (χ0n) is 12.3. The van der Waals surface area contributed by atoms with E-state index < -0.39 is 10.0 Å². The molecule has 1 aromatic carbocycles. The summed E-state index contributed by atoms with van der Waals surface area (Å²) in [5, 5.41) is 3.45. The average molecular weight is 393 g/mol. The second-order valence-electron chi connectivity index (χ2n) is 5.06. The third-order valence-corrected chi connectivity index (χ3v) is 7.78. The zero-order valence-corrected chi connectivity index (χ0v) is 15.5. The van der Waals surface area contributed by atoms with Crippen LogP contribution in [0.25, 0.3) is 0 Å². The van der Waals surface area contributed by atoms with Gasteiger partial charge in [0.2, 0.25) is 10.0 Å². The van der Waals surface area contributed by atoms with Crippen molar-refractivity contribution in [2.75, 3.05) is 25.9 Å². The standard InChI is InChI=1S/C14H21BrN2O2S2/c1-3-12-10-17(6-7-20-12)21(18,19)14-8-11(9-16-2)4-5-13(14)15/h4-5,8,12,16H,3,6-7,9-10H2,1-2H3. The van der Waals surface area contributed by atoms with E-state index in [2.05, 4.69) is 28.2 Å². The summed E-state index contributed by atoms with van der Waals surface area (Å²) in [6.45, 7) is 3.96. The Morgan fingerprint density at radius 3 is 2.90 bits per heavy atom. The first-order valence-corrected chi connectivity index (χ1v) is 10.3. The van der Waals surface area contributed by atoms with Gasteiger partial charge in [0.15, 0.2) is 0 Å². The Labute approximate surface area is 139 Å². The van der Waals surface area contributed by atoms with Crippen molar-refractivity contribution in [1.29, 1.82) is 0 Å². The first kappa shape index (κ1) is 17.3. The molecule has 21 heavy (non-hydrogen) atoms. The second kappa shape index (κ2) is 7.46. The zero-order chi connectivity index (χ0) is 15.5. The summed E-state index contributed by atoms with van der Waals surface area (Å²) >= 11 is 5.25. The molecule has 7 heteroatoms. The molecule has 0 radical (unpaired) electrons. The van der Waals surface area contributed by atoms with Crippen molar-refractivity contribution >= 4 is 37.7 Å². The molecular formula is C14H21BrN2O2S2. The number of sulfonamides is 1. The topological polar surface area (TPSA) is 49.4 Å². The first-order chi connectivity index (χ1) is 9.98. The van der Waals surface area contributed by atoms with E-state index in [0.717, 1.165) is 17.7 Å². The number of hydrogen-bond acceptors (Lipinski definition) is 4. The predicted octanol–water partition coefficient (Wildman–Crippen LogP) is 2.68. The lowest BCUT2D eigenvalue weighted by Crippen LogP contribution is -2.41. The van der Waals surface area contributed by atoms with E-state index in [9.17, 15) is 8.42 Å². The molecule has 0 spiro atoms. The summed E-state index contributed by atoms with van der Waals surface area (Å²) < 4.78 is 28.0. The minimum Gasteiger partial charge on any atom is -0.316 e. The Morgan fingerprint density at radius 1 is 1.48 bits per heavy atom. The van der Waals surface area contributed by atoms with E-state index >= 15 is 0 Å². The molecule has 2 rings (SSSR count). The number of benzene rings is 1. The minimum atomic E-state index is -3.43. The van der Waals surface area contributed by atoms with E-state index in [0.29, 0.717) is 34.3 Å². The SMILES string of the molecule is CCC1CN(S(=O)(=O)c2cc(CNC)ccc2Br)CCS1. The molecule has 1 N–H and O–H groups in total. The summed E-state index contributed by atoms with van der Waals surface area (Å²) in [7, 11) is -1.58. The lowest BCUT2D eigenvalue weighted by atomic mass is 10.2. The Bertz CT molecular complexity index is 593. The maximum Gasteiger partial charge on any atom is 0.244 e. The first-order valence-electron chi connectivity index (χ1n) is 7.03. The summed E-state index contributed by atoms with van der Waals surface area (Å²) in [4.78, 5) is 0.372. The van der Waals surface area contributed by atoms with Crippen molar-refractivity contribution in [2.24, 2.45) is 0 Å². The molecule has 1 aliphatic heterocycles. The lowest BCUT2D eigenvalue weighted by molar-refractivity contribution is 0.415. The van der Waals surface area contributed by atoms with E-state index in [1.807, 2.05) is 30.9 Å². The fraction of sp³-hybridized carbons (Fsp3) is 0.571. The molecule has 0 aliphatic carbocycles. The highest BCUT2D eigenvalue weighted by atomic mass is 79.9. The van der Waals surface area contributed by atoms with Crippen LogP contribution in [0.15, 0.2) is 27.6 Å². The van der Waals surface area contributed by atoms with Gasteiger partial charge in [-0.3, -0.25) is 0 Å². The number of thioether (sulfide) groups is 1. The molecule has 1 aromatic rings. The highest BCUT2D eigenvalue weighted by Crippen LogP contribution is 2.30. The van der Waals surface area contributed by atoms with Crippen LogP contribution in [0.5, 0.6) is 0 Å². The van der Waals surface area contributed by atoms with E-state index in [1.165, 1.54) is 0 Å². The smallest absolute Gasteiger partial charge is 0.244 e. The van der Waals surface area contributed by atoms with Crippen LogP contribution >= 0.6 is 27.7 Å². The Balaban J connectivity index is 2.32. The van der Waals surface area contributed by atoms with Crippen LogP contribution in [0.4, 0.5) is 0 Å². The Morgan fingerprint density at radius 2 is 2.24 bits per heavy atom. The molecule has 1 heterocycles. The van der Waals surface area contributed by atoms with Crippen molar-refractivity contribution in [2.45, 2.75) is 30.0 Å². The average Bonchev–Trinajstić information content (AvgIpc) is 2.49. The van der Waals surface area contributed by atoms with Gasteiger partial charge in [-0.15, -0.1) is 0 Å². The van der Waals surface area contributed by atoms with E-state index in [1.54, 1.807) is 10.4 Å². The molecule has 0 saturated carbocycles. The molecule has 0 aromatic heterocycles. The maximum atomic E-state index is 12.9. The fourth-order valence-electron chi connectivity index (χ4n) is 2.36. The molecule has 0 bridgehead atoms. The van der Waals surface area contributed by atoms with Gasteiger partial charge in [-0.25, -0.2) is 8.42 Å². The second-order valence-corrected chi connectivity index (χ2v) is 9.23. The summed E-state index contributed by atoms with van der Waals surface area (Å²) in [5.74, 6) is 0.867. The number of hydrogen-bond donors (Lipinski definition) is 1. The van der Waals surface area contributed by atoms with Crippen LogP contribution in [0.3, 0.4) is 0 Å². The number of nitrogens with one attached hydrogen (secondary N) is 1. The molecule has 4 nitrogen and oxygen atoms in total. The van der Waals surface area contributed by atoms with Crippen molar-refractivity contribution in [3.05, 3.63) is 28.2 Å². The van der Waals surface area contributed by atoms with Gasteiger partial charge in [-0.1, -0.05) is 13.0 Å². The summed E-state index contributed by atoms with van der Waals surface area (Å²) in [6, 6.07) is 5.51. The van der Waals surface area contributed by atoms with Gasteiger partial charge in [-0.05, 0) is 47.1 Å². The van der Waals surface area contributed by atoms with Gasteiger partial charge in [-0.2, -0.15) is 16.1 Å². The Kier molecular flexibility index (Phi) is 6.14. The molecule has 1 atom stereocenters. The maximum absolute atomic E-state index is 12.9. The molecule has 1 aliphatic rings. The number of nitrogens with zero attached hydrogens (tertiary/aromatic N) is 1. The van der Waals surface area contributed by atoms with Crippen molar-refractivity contribution in [1.82, 2.24) is 9.62 Å². The molecular weight excluding hydrogens is 372 g/mol. The summed E-state index contributed by atoms with van der Waals surface area (Å²) in [6.07, 6.45) is 0.998. The molecule has 1 saturated heterocycles. The molecule has 118 valence electrons. The van der Waals surface area contributed by atoms with Crippen LogP contribution in [0.1, 0.15) is 18.9 Å². The van der Waals surface area contributed by atoms with Gasteiger partial charge < -0.3 is 5.32 Å². The van der Waals surface area contributed by atoms with Crippen LogP contribution in [0.2, 0.25) is 0 Å². The van der Waals surface area contributed by atoms with Crippen LogP contribution in [0, 0.1) is 0 Å². The van der Waals surface area contributed by atoms with Crippen LogP contribution in [-0.4, -0.2) is 43.9 Å². The molecule has 1 fully saturated rings. The lowest BCUT2D eigenvalue weighted by Gasteiger charge is -2.31. The monoisotopic (exact) mass is 392 g/mol. The van der Waals surface area contributed by atoms with Crippen molar-refractivity contribution in [3.63, 3.8) is 0 Å². The summed E-state index contributed by atoms with van der Waals surface area (Å²) in [5.41, 5.74) is 0.970. The number of halogens is 1. The van der Waals surface area contributed by atoms with Crippen molar-refractivity contribution in [3.8, 4) is 0 Å². The Hall–Kier alpha value is -0.0800. The predicted molar refractivity (Wildman–Crippen MR) is 92.2 cm³/mol. The van der Waals surface area contributed by atoms with E-state index in [-0.39, 0.29) is 0 Å².